The van der Waals surface area contributed by atoms with Crippen molar-refractivity contribution in [1.82, 2.24) is 0 Å². The number of hydrogen-bond donors (Lipinski definition) is 0. The van der Waals surface area contributed by atoms with Crippen LogP contribution in [-0.4, -0.2) is 5.78 Å². The molecule has 2 aromatic heterocycles. The topological polar surface area (TPSA) is 43.4 Å². The summed E-state index contributed by atoms with van der Waals surface area (Å²) in [7, 11) is 0. The van der Waals surface area contributed by atoms with Crippen molar-refractivity contribution in [1.29, 1.82) is 0 Å². The van der Waals surface area contributed by atoms with Crippen LogP contribution in [0.25, 0.3) is 21.9 Å². The summed E-state index contributed by atoms with van der Waals surface area (Å²) in [5.74, 6) is 1.09. The average Bonchev–Trinajstić information content (AvgIpc) is 3.23. The Hall–Kier alpha value is -1.85. The predicted octanol–water partition coefficient (Wildman–Crippen LogP) is 6.32. The number of benzene rings is 2. The van der Waals surface area contributed by atoms with Gasteiger partial charge in [-0.25, -0.2) is 0 Å². The van der Waals surface area contributed by atoms with Gasteiger partial charge in [0.25, 0.3) is 0 Å². The summed E-state index contributed by atoms with van der Waals surface area (Å²) in [5, 5.41) is 1.94. The minimum atomic E-state index is -0.553. The molecule has 0 spiro atoms. The summed E-state index contributed by atoms with van der Waals surface area (Å²) >= 11 is 6.91. The van der Waals surface area contributed by atoms with Crippen molar-refractivity contribution >= 4 is 59.6 Å². The van der Waals surface area contributed by atoms with E-state index in [0.29, 0.717) is 11.5 Å². The zero-order valence-electron chi connectivity index (χ0n) is 12.4. The molecule has 0 aliphatic heterocycles. The molecule has 0 fully saturated rings. The Morgan fingerprint density at radius 2 is 1.17 bits per heavy atom. The molecule has 0 aliphatic carbocycles. The molecule has 0 aliphatic rings. The van der Waals surface area contributed by atoms with Crippen LogP contribution in [0.15, 0.2) is 69.5 Å². The van der Waals surface area contributed by atoms with Crippen LogP contribution < -0.4 is 0 Å². The number of fused-ring (bicyclic) bond motifs is 2. The van der Waals surface area contributed by atoms with Gasteiger partial charge < -0.3 is 8.83 Å². The van der Waals surface area contributed by atoms with E-state index >= 15 is 0 Å². The van der Waals surface area contributed by atoms with Crippen molar-refractivity contribution in [3.05, 3.63) is 72.2 Å². The molecule has 0 saturated heterocycles. The summed E-state index contributed by atoms with van der Waals surface area (Å²) < 4.78 is 11.6. The smallest absolute Gasteiger partial charge is 0.175 e. The van der Waals surface area contributed by atoms with E-state index in [-0.39, 0.29) is 5.78 Å². The fraction of sp³-hybridized carbons (Fsp3) is 0.105. The second-order valence-corrected chi connectivity index (χ2v) is 7.33. The predicted molar refractivity (Wildman–Crippen MR) is 101 cm³/mol. The minimum Gasteiger partial charge on any atom is -0.459 e. The third kappa shape index (κ3) is 2.72. The number of para-hydroxylation sites is 2. The van der Waals surface area contributed by atoms with E-state index in [4.69, 9.17) is 8.83 Å². The van der Waals surface area contributed by atoms with E-state index in [1.165, 1.54) is 0 Å². The van der Waals surface area contributed by atoms with Crippen molar-refractivity contribution in [2.45, 2.75) is 9.65 Å². The molecular formula is C19H12Br2O3. The van der Waals surface area contributed by atoms with Crippen LogP contribution in [0.3, 0.4) is 0 Å². The van der Waals surface area contributed by atoms with E-state index < -0.39 is 9.65 Å². The van der Waals surface area contributed by atoms with E-state index in [0.717, 1.165) is 21.9 Å². The highest BCUT2D eigenvalue weighted by molar-refractivity contribution is 9.10. The molecule has 2 aromatic carbocycles. The molecule has 5 heteroatoms. The Bertz CT molecular complexity index is 883. The van der Waals surface area contributed by atoms with Crippen LogP contribution in [0.1, 0.15) is 21.2 Å². The van der Waals surface area contributed by atoms with Gasteiger partial charge >= 0.3 is 0 Å². The summed E-state index contributed by atoms with van der Waals surface area (Å²) in [6.07, 6.45) is 0. The quantitative estimate of drug-likeness (QED) is 0.344. The number of ketones is 1. The first-order chi connectivity index (χ1) is 11.6. The molecule has 2 heterocycles. The van der Waals surface area contributed by atoms with Gasteiger partial charge in [0.2, 0.25) is 0 Å². The Balaban J connectivity index is 1.63. The maximum atomic E-state index is 12.8. The second kappa shape index (κ2) is 6.22. The fourth-order valence-corrected chi connectivity index (χ4v) is 4.00. The molecule has 120 valence electrons. The van der Waals surface area contributed by atoms with Gasteiger partial charge in [-0.15, -0.1) is 0 Å². The molecule has 0 bridgehead atoms. The van der Waals surface area contributed by atoms with E-state index in [9.17, 15) is 4.79 Å². The highest BCUT2D eigenvalue weighted by atomic mass is 79.9. The second-order valence-electron chi connectivity index (χ2n) is 5.50. The summed E-state index contributed by atoms with van der Waals surface area (Å²) in [5.41, 5.74) is 1.53. The summed E-state index contributed by atoms with van der Waals surface area (Å²) in [4.78, 5) is 11.7. The molecule has 24 heavy (non-hydrogen) atoms. The van der Waals surface area contributed by atoms with Crippen LogP contribution in [0.4, 0.5) is 0 Å². The summed E-state index contributed by atoms with van der Waals surface area (Å²) in [6.45, 7) is 0. The Labute approximate surface area is 154 Å². The van der Waals surface area contributed by atoms with Crippen molar-refractivity contribution in [3.63, 3.8) is 0 Å². The number of carbonyl (C=O) groups excluding carboxylic acids is 1. The Kier molecular flexibility index (Phi) is 4.06. The number of furan rings is 2. The number of carbonyl (C=O) groups is 1. The maximum Gasteiger partial charge on any atom is 0.175 e. The number of hydrogen-bond acceptors (Lipinski definition) is 3. The van der Waals surface area contributed by atoms with Crippen LogP contribution in [0, 0.1) is 0 Å². The lowest BCUT2D eigenvalue weighted by Crippen LogP contribution is -2.11. The van der Waals surface area contributed by atoms with E-state index in [1.807, 2.05) is 60.7 Å². The van der Waals surface area contributed by atoms with E-state index in [1.54, 1.807) is 0 Å². The van der Waals surface area contributed by atoms with Crippen LogP contribution >= 0.6 is 31.9 Å². The normalized spacial score (nSPS) is 14.1. The van der Waals surface area contributed by atoms with E-state index in [2.05, 4.69) is 31.9 Å². The first-order valence-electron chi connectivity index (χ1n) is 7.42. The van der Waals surface area contributed by atoms with Crippen molar-refractivity contribution in [2.75, 3.05) is 0 Å². The lowest BCUT2D eigenvalue weighted by atomic mass is 10.1. The molecule has 3 nitrogen and oxygen atoms in total. The zero-order chi connectivity index (χ0) is 16.7. The van der Waals surface area contributed by atoms with Gasteiger partial charge in [-0.05, 0) is 24.3 Å². The molecule has 0 N–H and O–H groups in total. The summed E-state index contributed by atoms with van der Waals surface area (Å²) in [6, 6.07) is 19.1. The molecule has 4 rings (SSSR count). The standard InChI is InChI=1S/C19H12Br2O3/c20-17(15-9-11-5-1-3-7-13(11)23-15)19(22)18(21)16-10-12-6-2-4-8-14(12)24-16/h1-10,17-18H. The molecule has 2 atom stereocenters. The third-order valence-electron chi connectivity index (χ3n) is 3.89. The molecular weight excluding hydrogens is 436 g/mol. The van der Waals surface area contributed by atoms with Crippen LogP contribution in [-0.2, 0) is 4.79 Å². The van der Waals surface area contributed by atoms with Gasteiger partial charge in [0.1, 0.15) is 32.3 Å². The Morgan fingerprint density at radius 3 is 1.58 bits per heavy atom. The van der Waals surface area contributed by atoms with Gasteiger partial charge in [-0.3, -0.25) is 4.79 Å². The number of halogens is 2. The Morgan fingerprint density at radius 1 is 0.750 bits per heavy atom. The highest BCUT2D eigenvalue weighted by Gasteiger charge is 2.30. The van der Waals surface area contributed by atoms with Gasteiger partial charge in [0.05, 0.1) is 0 Å². The SMILES string of the molecule is O=C(C(Br)c1cc2ccccc2o1)C(Br)c1cc2ccccc2o1. The van der Waals surface area contributed by atoms with Crippen molar-refractivity contribution < 1.29 is 13.6 Å². The fourth-order valence-electron chi connectivity index (χ4n) is 2.66. The average molecular weight is 448 g/mol. The van der Waals surface area contributed by atoms with Crippen LogP contribution in [0.2, 0.25) is 0 Å². The third-order valence-corrected chi connectivity index (χ3v) is 5.69. The largest absolute Gasteiger partial charge is 0.459 e. The molecule has 0 amide bonds. The number of alkyl halides is 2. The van der Waals surface area contributed by atoms with Gasteiger partial charge in [-0.1, -0.05) is 68.3 Å². The molecule has 2 unspecified atom stereocenters. The molecule has 0 radical (unpaired) electrons. The lowest BCUT2D eigenvalue weighted by Gasteiger charge is -2.09. The van der Waals surface area contributed by atoms with Crippen molar-refractivity contribution in [3.8, 4) is 0 Å². The monoisotopic (exact) mass is 446 g/mol. The number of Topliss-reactive ketones (excluding diaryl/α,β-unsaturated/α-hetero) is 1. The van der Waals surface area contributed by atoms with Gasteiger partial charge in [-0.2, -0.15) is 0 Å². The first-order valence-corrected chi connectivity index (χ1v) is 9.25. The minimum absolute atomic E-state index is 0.0758. The highest BCUT2D eigenvalue weighted by Crippen LogP contribution is 2.38. The number of rotatable bonds is 4. The lowest BCUT2D eigenvalue weighted by molar-refractivity contribution is -0.118. The zero-order valence-corrected chi connectivity index (χ0v) is 15.6. The van der Waals surface area contributed by atoms with Crippen molar-refractivity contribution in [2.24, 2.45) is 0 Å². The maximum absolute atomic E-state index is 12.8. The van der Waals surface area contributed by atoms with Gasteiger partial charge in [0, 0.05) is 10.8 Å². The van der Waals surface area contributed by atoms with Crippen LogP contribution in [0.5, 0.6) is 0 Å². The first kappa shape index (κ1) is 15.7. The molecule has 0 saturated carbocycles. The van der Waals surface area contributed by atoms with Gasteiger partial charge in [0.15, 0.2) is 5.78 Å². The molecule has 4 aromatic rings.